The summed E-state index contributed by atoms with van der Waals surface area (Å²) in [6, 6.07) is 18.4. The second-order valence-corrected chi connectivity index (χ2v) is 6.80. The van der Waals surface area contributed by atoms with Crippen LogP contribution in [0.3, 0.4) is 0 Å². The van der Waals surface area contributed by atoms with Gasteiger partial charge in [-0.25, -0.2) is 0 Å². The fourth-order valence-electron chi connectivity index (χ4n) is 3.56. The Morgan fingerprint density at radius 2 is 1.29 bits per heavy atom. The first kappa shape index (κ1) is 19.6. The molecule has 3 aromatic rings. The number of phenolic OH excluding ortho intramolecular Hbond substituents is 4. The lowest BCUT2D eigenvalue weighted by atomic mass is 9.76. The van der Waals surface area contributed by atoms with Gasteiger partial charge in [-0.05, 0) is 42.8 Å². The molecule has 5 heteroatoms. The van der Waals surface area contributed by atoms with Crippen LogP contribution < -0.4 is 5.32 Å². The van der Waals surface area contributed by atoms with Gasteiger partial charge in [-0.15, -0.1) is 0 Å². The zero-order chi connectivity index (χ0) is 20.1. The molecule has 3 rings (SSSR count). The van der Waals surface area contributed by atoms with E-state index in [1.807, 2.05) is 30.3 Å². The van der Waals surface area contributed by atoms with Crippen LogP contribution >= 0.6 is 0 Å². The zero-order valence-electron chi connectivity index (χ0n) is 15.8. The minimum absolute atomic E-state index is 0.0494. The van der Waals surface area contributed by atoms with E-state index in [1.54, 1.807) is 12.1 Å². The summed E-state index contributed by atoms with van der Waals surface area (Å²) >= 11 is 0. The van der Waals surface area contributed by atoms with Crippen molar-refractivity contribution in [3.63, 3.8) is 0 Å². The molecule has 0 heterocycles. The highest BCUT2D eigenvalue weighted by molar-refractivity contribution is 5.59. The first-order valence-electron chi connectivity index (χ1n) is 9.34. The molecule has 5 N–H and O–H groups in total. The fraction of sp³-hybridized carbons (Fsp3) is 0.217. The Balaban J connectivity index is 2.34. The third-order valence-electron chi connectivity index (χ3n) is 4.90. The van der Waals surface area contributed by atoms with E-state index < -0.39 is 5.54 Å². The summed E-state index contributed by atoms with van der Waals surface area (Å²) in [5, 5.41) is 44.5. The molecule has 0 aromatic heterocycles. The van der Waals surface area contributed by atoms with Gasteiger partial charge in [0.1, 0.15) is 28.5 Å². The van der Waals surface area contributed by atoms with Gasteiger partial charge in [-0.3, -0.25) is 5.32 Å². The van der Waals surface area contributed by atoms with Crippen LogP contribution in [0.25, 0.3) is 0 Å². The number of nitrogens with one attached hydrogen (secondary N) is 1. The Hall–Kier alpha value is -3.18. The summed E-state index contributed by atoms with van der Waals surface area (Å²) in [7, 11) is 0. The predicted molar refractivity (Wildman–Crippen MR) is 109 cm³/mol. The van der Waals surface area contributed by atoms with Gasteiger partial charge in [-0.1, -0.05) is 43.7 Å². The van der Waals surface area contributed by atoms with Crippen molar-refractivity contribution < 1.29 is 20.4 Å². The molecule has 0 unspecified atom stereocenters. The molecule has 0 radical (unpaired) electrons. The van der Waals surface area contributed by atoms with E-state index >= 15 is 0 Å². The van der Waals surface area contributed by atoms with Crippen molar-refractivity contribution >= 4 is 0 Å². The number of hydrogen-bond donors (Lipinski definition) is 5. The average molecular weight is 379 g/mol. The van der Waals surface area contributed by atoms with Crippen molar-refractivity contribution in [3.8, 4) is 23.0 Å². The molecular weight excluding hydrogens is 354 g/mol. The smallest absolute Gasteiger partial charge is 0.125 e. The van der Waals surface area contributed by atoms with Crippen molar-refractivity contribution in [1.82, 2.24) is 5.32 Å². The van der Waals surface area contributed by atoms with Crippen molar-refractivity contribution in [2.24, 2.45) is 0 Å². The predicted octanol–water partition coefficient (Wildman–Crippen LogP) is 4.19. The summed E-state index contributed by atoms with van der Waals surface area (Å²) in [4.78, 5) is 0. The summed E-state index contributed by atoms with van der Waals surface area (Å²) in [6.45, 7) is 2.72. The van der Waals surface area contributed by atoms with Gasteiger partial charge in [0.25, 0.3) is 0 Å². The highest BCUT2D eigenvalue weighted by Crippen LogP contribution is 2.45. The second kappa shape index (κ2) is 8.23. The molecule has 28 heavy (non-hydrogen) atoms. The maximum Gasteiger partial charge on any atom is 0.125 e. The fourth-order valence-corrected chi connectivity index (χ4v) is 3.56. The van der Waals surface area contributed by atoms with E-state index in [2.05, 4.69) is 12.2 Å². The zero-order valence-corrected chi connectivity index (χ0v) is 15.8. The SMILES string of the molecule is CCCCNC(c1ccccc1)(c1ccc(O)cc1O)c1ccc(O)cc1O. The molecular formula is C23H25NO4. The van der Waals surface area contributed by atoms with Gasteiger partial charge in [0.15, 0.2) is 0 Å². The largest absolute Gasteiger partial charge is 0.508 e. The number of unbranched alkanes of at least 4 members (excludes halogenated alkanes) is 1. The molecule has 0 aliphatic heterocycles. The summed E-state index contributed by atoms with van der Waals surface area (Å²) in [6.07, 6.45) is 1.87. The van der Waals surface area contributed by atoms with E-state index in [-0.39, 0.29) is 23.0 Å². The molecule has 0 saturated carbocycles. The number of benzene rings is 3. The van der Waals surface area contributed by atoms with Crippen LogP contribution in [0.15, 0.2) is 66.7 Å². The number of phenols is 4. The second-order valence-electron chi connectivity index (χ2n) is 6.80. The van der Waals surface area contributed by atoms with Crippen molar-refractivity contribution in [3.05, 3.63) is 83.4 Å². The highest BCUT2D eigenvalue weighted by Gasteiger charge is 2.40. The Bertz CT molecular complexity index is 889. The molecule has 0 fully saturated rings. The molecule has 0 atom stereocenters. The molecule has 0 aliphatic carbocycles. The van der Waals surface area contributed by atoms with E-state index in [1.165, 1.54) is 24.3 Å². The van der Waals surface area contributed by atoms with Crippen molar-refractivity contribution in [2.75, 3.05) is 6.54 Å². The summed E-state index contributed by atoms with van der Waals surface area (Å²) in [5.74, 6) is -0.293. The highest BCUT2D eigenvalue weighted by atomic mass is 16.3. The average Bonchev–Trinajstić information content (AvgIpc) is 2.67. The molecule has 0 aliphatic rings. The van der Waals surface area contributed by atoms with Crippen LogP contribution in [-0.4, -0.2) is 27.0 Å². The molecule has 5 nitrogen and oxygen atoms in total. The van der Waals surface area contributed by atoms with Gasteiger partial charge in [0.2, 0.25) is 0 Å². The minimum atomic E-state index is -1.08. The normalized spacial score (nSPS) is 11.5. The first-order valence-corrected chi connectivity index (χ1v) is 9.34. The van der Waals surface area contributed by atoms with Crippen LogP contribution in [0.1, 0.15) is 36.5 Å². The van der Waals surface area contributed by atoms with E-state index in [9.17, 15) is 20.4 Å². The number of aromatic hydroxyl groups is 4. The molecule has 0 amide bonds. The van der Waals surface area contributed by atoms with E-state index in [0.29, 0.717) is 17.7 Å². The van der Waals surface area contributed by atoms with Gasteiger partial charge in [-0.2, -0.15) is 0 Å². The molecule has 0 bridgehead atoms. The Morgan fingerprint density at radius 1 is 0.750 bits per heavy atom. The lowest BCUT2D eigenvalue weighted by molar-refractivity contribution is 0.391. The van der Waals surface area contributed by atoms with Gasteiger partial charge in [0.05, 0.1) is 0 Å². The maximum atomic E-state index is 10.7. The molecule has 0 spiro atoms. The van der Waals surface area contributed by atoms with Crippen LogP contribution in [0, 0.1) is 0 Å². The van der Waals surface area contributed by atoms with Crippen molar-refractivity contribution in [1.29, 1.82) is 0 Å². The molecule has 146 valence electrons. The van der Waals surface area contributed by atoms with Gasteiger partial charge < -0.3 is 20.4 Å². The summed E-state index contributed by atoms with van der Waals surface area (Å²) < 4.78 is 0. The van der Waals surface area contributed by atoms with Crippen LogP contribution in [0.4, 0.5) is 0 Å². The van der Waals surface area contributed by atoms with Crippen LogP contribution in [0.5, 0.6) is 23.0 Å². The minimum Gasteiger partial charge on any atom is -0.508 e. The molecule has 0 saturated heterocycles. The summed E-state index contributed by atoms with van der Waals surface area (Å²) in [5.41, 5.74) is 0.724. The monoisotopic (exact) mass is 379 g/mol. The number of rotatable bonds is 7. The first-order chi connectivity index (χ1) is 13.5. The van der Waals surface area contributed by atoms with E-state index in [4.69, 9.17) is 0 Å². The van der Waals surface area contributed by atoms with Crippen LogP contribution in [-0.2, 0) is 5.54 Å². The van der Waals surface area contributed by atoms with Crippen LogP contribution in [0.2, 0.25) is 0 Å². The number of hydrogen-bond acceptors (Lipinski definition) is 5. The maximum absolute atomic E-state index is 10.7. The Morgan fingerprint density at radius 3 is 1.75 bits per heavy atom. The topological polar surface area (TPSA) is 93.0 Å². The standard InChI is InChI=1S/C23H25NO4/c1-2-3-13-24-23(16-7-5-4-6-8-16,19-11-9-17(25)14-21(19)27)20-12-10-18(26)15-22(20)28/h4-12,14-15,24-28H,2-3,13H2,1H3. The quantitative estimate of drug-likeness (QED) is 0.314. The van der Waals surface area contributed by atoms with Crippen molar-refractivity contribution in [2.45, 2.75) is 25.3 Å². The Kier molecular flexibility index (Phi) is 5.76. The van der Waals surface area contributed by atoms with Gasteiger partial charge >= 0.3 is 0 Å². The van der Waals surface area contributed by atoms with Gasteiger partial charge in [0, 0.05) is 23.3 Å². The Labute approximate surface area is 164 Å². The lowest BCUT2D eigenvalue weighted by Gasteiger charge is -2.38. The lowest BCUT2D eigenvalue weighted by Crippen LogP contribution is -2.45. The third kappa shape index (κ3) is 3.62. The van der Waals surface area contributed by atoms with E-state index in [0.717, 1.165) is 18.4 Å². The third-order valence-corrected chi connectivity index (χ3v) is 4.90. The molecule has 3 aromatic carbocycles.